The summed E-state index contributed by atoms with van der Waals surface area (Å²) in [4.78, 5) is 2.59. The van der Waals surface area contributed by atoms with Gasteiger partial charge in [-0.3, -0.25) is 4.90 Å². The number of benzene rings is 1. The highest BCUT2D eigenvalue weighted by Crippen LogP contribution is 2.15. The van der Waals surface area contributed by atoms with Gasteiger partial charge in [-0.1, -0.05) is 25.0 Å². The second-order valence-corrected chi connectivity index (χ2v) is 4.64. The first kappa shape index (κ1) is 11.5. The average Bonchev–Trinajstić information content (AvgIpc) is 2.58. The molecular formula is C14H22N2. The van der Waals surface area contributed by atoms with Crippen LogP contribution >= 0.6 is 0 Å². The predicted octanol–water partition coefficient (Wildman–Crippen LogP) is 3.10. The molecule has 1 aromatic rings. The first-order valence-electron chi connectivity index (χ1n) is 6.37. The summed E-state index contributed by atoms with van der Waals surface area (Å²) >= 11 is 0. The number of hydrogen-bond acceptors (Lipinski definition) is 2. The fourth-order valence-corrected chi connectivity index (χ4v) is 2.38. The maximum Gasteiger partial charge on any atom is 0.0340 e. The quantitative estimate of drug-likeness (QED) is 0.838. The Morgan fingerprint density at radius 2 is 1.88 bits per heavy atom. The van der Waals surface area contributed by atoms with E-state index in [-0.39, 0.29) is 0 Å². The van der Waals surface area contributed by atoms with E-state index in [4.69, 9.17) is 0 Å². The number of likely N-dealkylation sites (tertiary alicyclic amines) is 1. The standard InChI is InChI=1S/C14H22N2/c1-15-14-8-6-7-13(11-14)12-16-9-4-2-3-5-10-16/h6-8,11,15H,2-5,9-10,12H2,1H3. The van der Waals surface area contributed by atoms with Gasteiger partial charge in [0.15, 0.2) is 0 Å². The van der Waals surface area contributed by atoms with Crippen molar-refractivity contribution in [2.45, 2.75) is 32.2 Å². The largest absolute Gasteiger partial charge is 0.388 e. The van der Waals surface area contributed by atoms with E-state index in [1.165, 1.54) is 50.0 Å². The maximum atomic E-state index is 3.20. The van der Waals surface area contributed by atoms with Crippen LogP contribution in [-0.2, 0) is 6.54 Å². The van der Waals surface area contributed by atoms with E-state index in [9.17, 15) is 0 Å². The summed E-state index contributed by atoms with van der Waals surface area (Å²) in [5, 5.41) is 3.20. The van der Waals surface area contributed by atoms with Crippen LogP contribution in [0.15, 0.2) is 24.3 Å². The van der Waals surface area contributed by atoms with E-state index in [2.05, 4.69) is 34.5 Å². The molecule has 2 rings (SSSR count). The Labute approximate surface area is 98.7 Å². The van der Waals surface area contributed by atoms with Gasteiger partial charge in [0.25, 0.3) is 0 Å². The summed E-state index contributed by atoms with van der Waals surface area (Å²) < 4.78 is 0. The molecular weight excluding hydrogens is 196 g/mol. The molecule has 0 unspecified atom stereocenters. The highest BCUT2D eigenvalue weighted by Gasteiger charge is 2.09. The third-order valence-corrected chi connectivity index (χ3v) is 3.32. The van der Waals surface area contributed by atoms with Gasteiger partial charge in [-0.05, 0) is 43.6 Å². The topological polar surface area (TPSA) is 15.3 Å². The van der Waals surface area contributed by atoms with Crippen molar-refractivity contribution >= 4 is 5.69 Å². The van der Waals surface area contributed by atoms with Crippen LogP contribution in [0, 0.1) is 0 Å². The molecule has 1 heterocycles. The van der Waals surface area contributed by atoms with Crippen LogP contribution in [0.2, 0.25) is 0 Å². The molecule has 0 atom stereocenters. The lowest BCUT2D eigenvalue weighted by molar-refractivity contribution is 0.277. The molecule has 0 aliphatic carbocycles. The Morgan fingerprint density at radius 1 is 1.12 bits per heavy atom. The van der Waals surface area contributed by atoms with Crippen molar-refractivity contribution in [2.75, 3.05) is 25.5 Å². The van der Waals surface area contributed by atoms with E-state index in [1.54, 1.807) is 0 Å². The molecule has 2 heteroatoms. The monoisotopic (exact) mass is 218 g/mol. The van der Waals surface area contributed by atoms with Gasteiger partial charge in [0, 0.05) is 19.3 Å². The fraction of sp³-hybridized carbons (Fsp3) is 0.571. The van der Waals surface area contributed by atoms with Crippen molar-refractivity contribution in [3.63, 3.8) is 0 Å². The zero-order valence-corrected chi connectivity index (χ0v) is 10.2. The van der Waals surface area contributed by atoms with Gasteiger partial charge in [-0.25, -0.2) is 0 Å². The van der Waals surface area contributed by atoms with Crippen molar-refractivity contribution in [2.24, 2.45) is 0 Å². The minimum Gasteiger partial charge on any atom is -0.388 e. The average molecular weight is 218 g/mol. The van der Waals surface area contributed by atoms with E-state index in [0.717, 1.165) is 6.54 Å². The smallest absolute Gasteiger partial charge is 0.0340 e. The molecule has 0 amide bonds. The highest BCUT2D eigenvalue weighted by atomic mass is 15.1. The van der Waals surface area contributed by atoms with Gasteiger partial charge in [-0.15, -0.1) is 0 Å². The zero-order chi connectivity index (χ0) is 11.2. The van der Waals surface area contributed by atoms with Gasteiger partial charge in [0.05, 0.1) is 0 Å². The molecule has 1 aliphatic heterocycles. The van der Waals surface area contributed by atoms with E-state index in [1.807, 2.05) is 7.05 Å². The normalized spacial score (nSPS) is 18.1. The SMILES string of the molecule is CNc1cccc(CN2CCCCCC2)c1. The van der Waals surface area contributed by atoms with Crippen molar-refractivity contribution < 1.29 is 0 Å². The van der Waals surface area contributed by atoms with Crippen LogP contribution in [0.1, 0.15) is 31.2 Å². The van der Waals surface area contributed by atoms with E-state index < -0.39 is 0 Å². The van der Waals surface area contributed by atoms with Crippen molar-refractivity contribution in [1.82, 2.24) is 4.90 Å². The fourth-order valence-electron chi connectivity index (χ4n) is 2.38. The van der Waals surface area contributed by atoms with Crippen molar-refractivity contribution in [1.29, 1.82) is 0 Å². The highest BCUT2D eigenvalue weighted by molar-refractivity contribution is 5.44. The summed E-state index contributed by atoms with van der Waals surface area (Å²) in [6.45, 7) is 3.64. The third kappa shape index (κ3) is 3.24. The molecule has 2 nitrogen and oxygen atoms in total. The number of hydrogen-bond donors (Lipinski definition) is 1. The number of nitrogens with zero attached hydrogens (tertiary/aromatic N) is 1. The number of anilines is 1. The Bertz CT molecular complexity index is 314. The van der Waals surface area contributed by atoms with Crippen LogP contribution < -0.4 is 5.32 Å². The third-order valence-electron chi connectivity index (χ3n) is 3.32. The number of rotatable bonds is 3. The molecule has 0 saturated carbocycles. The van der Waals surface area contributed by atoms with Crippen LogP contribution in [0.4, 0.5) is 5.69 Å². The molecule has 1 aromatic carbocycles. The van der Waals surface area contributed by atoms with Crippen LogP contribution in [0.3, 0.4) is 0 Å². The Balaban J connectivity index is 1.96. The molecule has 1 N–H and O–H groups in total. The van der Waals surface area contributed by atoms with Crippen LogP contribution in [-0.4, -0.2) is 25.0 Å². The molecule has 1 fully saturated rings. The summed E-state index contributed by atoms with van der Waals surface area (Å²) in [5.74, 6) is 0. The predicted molar refractivity (Wildman–Crippen MR) is 69.7 cm³/mol. The van der Waals surface area contributed by atoms with E-state index in [0.29, 0.717) is 0 Å². The molecule has 0 aromatic heterocycles. The second kappa shape index (κ2) is 5.90. The molecule has 0 bridgehead atoms. The van der Waals surface area contributed by atoms with Crippen molar-refractivity contribution in [3.05, 3.63) is 29.8 Å². The molecule has 0 spiro atoms. The molecule has 16 heavy (non-hydrogen) atoms. The summed E-state index contributed by atoms with van der Waals surface area (Å²) in [7, 11) is 1.98. The molecule has 1 saturated heterocycles. The van der Waals surface area contributed by atoms with Gasteiger partial charge >= 0.3 is 0 Å². The van der Waals surface area contributed by atoms with Crippen LogP contribution in [0.25, 0.3) is 0 Å². The van der Waals surface area contributed by atoms with Gasteiger partial charge < -0.3 is 5.32 Å². The van der Waals surface area contributed by atoms with Crippen molar-refractivity contribution in [3.8, 4) is 0 Å². The maximum absolute atomic E-state index is 3.20. The lowest BCUT2D eigenvalue weighted by atomic mass is 10.2. The second-order valence-electron chi connectivity index (χ2n) is 4.64. The Kier molecular flexibility index (Phi) is 4.23. The summed E-state index contributed by atoms with van der Waals surface area (Å²) in [5.41, 5.74) is 2.64. The Morgan fingerprint density at radius 3 is 2.56 bits per heavy atom. The lowest BCUT2D eigenvalue weighted by Crippen LogP contribution is -2.23. The van der Waals surface area contributed by atoms with Gasteiger partial charge in [0.2, 0.25) is 0 Å². The minimum atomic E-state index is 1.11. The van der Waals surface area contributed by atoms with Gasteiger partial charge in [-0.2, -0.15) is 0 Å². The molecule has 1 aliphatic rings. The lowest BCUT2D eigenvalue weighted by Gasteiger charge is -2.20. The zero-order valence-electron chi connectivity index (χ0n) is 10.2. The molecule has 88 valence electrons. The summed E-state index contributed by atoms with van der Waals surface area (Å²) in [6.07, 6.45) is 5.55. The first-order chi connectivity index (χ1) is 7.88. The molecule has 0 radical (unpaired) electrons. The van der Waals surface area contributed by atoms with E-state index >= 15 is 0 Å². The summed E-state index contributed by atoms with van der Waals surface area (Å²) in [6, 6.07) is 8.74. The minimum absolute atomic E-state index is 1.11. The first-order valence-corrected chi connectivity index (χ1v) is 6.37. The van der Waals surface area contributed by atoms with Crippen LogP contribution in [0.5, 0.6) is 0 Å². The van der Waals surface area contributed by atoms with Gasteiger partial charge in [0.1, 0.15) is 0 Å². The Hall–Kier alpha value is -1.02. The number of nitrogens with one attached hydrogen (secondary N) is 1.